The van der Waals surface area contributed by atoms with Gasteiger partial charge in [-0.15, -0.1) is 0 Å². The van der Waals surface area contributed by atoms with Crippen molar-refractivity contribution in [2.24, 2.45) is 5.73 Å². The van der Waals surface area contributed by atoms with E-state index in [4.69, 9.17) is 5.73 Å². The lowest BCUT2D eigenvalue weighted by atomic mass is 10.1. The van der Waals surface area contributed by atoms with Gasteiger partial charge in [0.25, 0.3) is 0 Å². The average Bonchev–Trinajstić information content (AvgIpc) is 3.01. The van der Waals surface area contributed by atoms with Crippen molar-refractivity contribution in [3.8, 4) is 0 Å². The van der Waals surface area contributed by atoms with E-state index in [9.17, 15) is 4.79 Å². The van der Waals surface area contributed by atoms with Crippen LogP contribution in [0.25, 0.3) is 10.9 Å². The first-order chi connectivity index (χ1) is 10.2. The van der Waals surface area contributed by atoms with Gasteiger partial charge in [0.2, 0.25) is 0 Å². The summed E-state index contributed by atoms with van der Waals surface area (Å²) >= 11 is 0. The van der Waals surface area contributed by atoms with Crippen molar-refractivity contribution in [2.45, 2.75) is 54.4 Å². The Morgan fingerprint density at radius 1 is 1.10 bits per heavy atom. The van der Waals surface area contributed by atoms with Crippen molar-refractivity contribution >= 4 is 16.7 Å². The first kappa shape index (κ1) is 21.7. The van der Waals surface area contributed by atoms with Gasteiger partial charge in [-0.1, -0.05) is 59.7 Å². The number of ketones is 1. The number of para-hydroxylation sites is 1. The fourth-order valence-corrected chi connectivity index (χ4v) is 1.57. The number of nitrogens with one attached hydrogen (secondary N) is 1. The monoisotopic (exact) mass is 292 g/mol. The standard InChI is InChI=1S/C10H11N.C4H9NO.2C2H6/c1-2-8-7-11-10-6-4-3-5-9(8)10;1-2-4(6)3-5;2*1-2/h3-7,11H,2H2,1H3;2-3,5H2,1H3;2*1-2H3. The van der Waals surface area contributed by atoms with Crippen LogP contribution < -0.4 is 5.73 Å². The third-order valence-electron chi connectivity index (χ3n) is 2.68. The van der Waals surface area contributed by atoms with Crippen LogP contribution in [0.3, 0.4) is 0 Å². The summed E-state index contributed by atoms with van der Waals surface area (Å²) in [5.41, 5.74) is 7.58. The first-order valence-electron chi connectivity index (χ1n) is 7.99. The molecule has 0 bridgehead atoms. The molecule has 0 saturated heterocycles. The molecule has 0 fully saturated rings. The van der Waals surface area contributed by atoms with E-state index in [0.29, 0.717) is 6.42 Å². The van der Waals surface area contributed by atoms with Gasteiger partial charge in [-0.25, -0.2) is 0 Å². The van der Waals surface area contributed by atoms with Crippen LogP contribution in [0.15, 0.2) is 30.5 Å². The summed E-state index contributed by atoms with van der Waals surface area (Å²) in [6, 6.07) is 8.40. The topological polar surface area (TPSA) is 58.9 Å². The minimum Gasteiger partial charge on any atom is -0.361 e. The van der Waals surface area contributed by atoms with Crippen molar-refractivity contribution < 1.29 is 4.79 Å². The molecule has 0 amide bonds. The van der Waals surface area contributed by atoms with E-state index in [-0.39, 0.29) is 12.3 Å². The Kier molecular flexibility index (Phi) is 15.3. The summed E-state index contributed by atoms with van der Waals surface area (Å²) in [6.07, 6.45) is 3.76. The maximum Gasteiger partial charge on any atom is 0.146 e. The highest BCUT2D eigenvalue weighted by atomic mass is 16.1. The van der Waals surface area contributed by atoms with Crippen LogP contribution in [-0.2, 0) is 11.2 Å². The fraction of sp³-hybridized carbons (Fsp3) is 0.500. The summed E-state index contributed by atoms with van der Waals surface area (Å²) in [4.78, 5) is 13.3. The van der Waals surface area contributed by atoms with Gasteiger partial charge in [0.15, 0.2) is 0 Å². The molecule has 2 rings (SSSR count). The fourth-order valence-electron chi connectivity index (χ4n) is 1.57. The molecule has 21 heavy (non-hydrogen) atoms. The number of aromatic amines is 1. The summed E-state index contributed by atoms with van der Waals surface area (Å²) in [6.45, 7) is 12.2. The van der Waals surface area contributed by atoms with Crippen molar-refractivity contribution in [2.75, 3.05) is 6.54 Å². The Morgan fingerprint density at radius 3 is 2.10 bits per heavy atom. The molecule has 0 unspecified atom stereocenters. The highest BCUT2D eigenvalue weighted by Gasteiger charge is 1.97. The number of rotatable bonds is 3. The molecule has 0 atom stereocenters. The molecule has 120 valence electrons. The normalized spacial score (nSPS) is 8.52. The smallest absolute Gasteiger partial charge is 0.146 e. The first-order valence-corrected chi connectivity index (χ1v) is 7.99. The molecule has 0 spiro atoms. The lowest BCUT2D eigenvalue weighted by molar-refractivity contribution is -0.117. The summed E-state index contributed by atoms with van der Waals surface area (Å²) in [7, 11) is 0. The lowest BCUT2D eigenvalue weighted by Crippen LogP contribution is -2.11. The quantitative estimate of drug-likeness (QED) is 0.861. The average molecular weight is 292 g/mol. The van der Waals surface area contributed by atoms with E-state index in [1.54, 1.807) is 6.92 Å². The number of aryl methyl sites for hydroxylation is 1. The van der Waals surface area contributed by atoms with E-state index in [2.05, 4.69) is 42.4 Å². The number of Topliss-reactive ketones (excluding diaryl/α,β-unsaturated/α-hetero) is 1. The van der Waals surface area contributed by atoms with Crippen molar-refractivity contribution in [3.63, 3.8) is 0 Å². The Hall–Kier alpha value is -1.61. The molecule has 0 aliphatic rings. The zero-order chi connectivity index (χ0) is 16.7. The molecule has 3 heteroatoms. The second kappa shape index (κ2) is 14.8. The van der Waals surface area contributed by atoms with Gasteiger partial charge < -0.3 is 10.7 Å². The van der Waals surface area contributed by atoms with Gasteiger partial charge in [-0.2, -0.15) is 0 Å². The van der Waals surface area contributed by atoms with Crippen LogP contribution in [0.1, 0.15) is 53.5 Å². The van der Waals surface area contributed by atoms with Crippen LogP contribution in [0.4, 0.5) is 0 Å². The Labute approximate surface area is 129 Å². The molecule has 1 heterocycles. The Balaban J connectivity index is 0. The van der Waals surface area contributed by atoms with Crippen LogP contribution >= 0.6 is 0 Å². The minimum atomic E-state index is 0.120. The maximum absolute atomic E-state index is 10.1. The molecular weight excluding hydrogens is 260 g/mol. The number of carbonyl (C=O) groups is 1. The number of hydrogen-bond donors (Lipinski definition) is 2. The molecule has 0 saturated carbocycles. The lowest BCUT2D eigenvalue weighted by Gasteiger charge is -1.90. The summed E-state index contributed by atoms with van der Waals surface area (Å²) < 4.78 is 0. The molecule has 0 aliphatic carbocycles. The van der Waals surface area contributed by atoms with E-state index in [1.807, 2.05) is 27.7 Å². The molecule has 1 aromatic heterocycles. The third-order valence-corrected chi connectivity index (χ3v) is 2.68. The molecular formula is C18H32N2O. The molecule has 3 N–H and O–H groups in total. The van der Waals surface area contributed by atoms with Gasteiger partial charge in [-0.05, 0) is 18.1 Å². The van der Waals surface area contributed by atoms with Gasteiger partial charge in [-0.3, -0.25) is 4.79 Å². The number of aromatic nitrogens is 1. The molecule has 1 aromatic carbocycles. The van der Waals surface area contributed by atoms with Crippen LogP contribution in [0.2, 0.25) is 0 Å². The third kappa shape index (κ3) is 8.30. The van der Waals surface area contributed by atoms with Gasteiger partial charge in [0.1, 0.15) is 5.78 Å². The number of hydrogen-bond acceptors (Lipinski definition) is 2. The molecule has 2 aromatic rings. The highest BCUT2D eigenvalue weighted by Crippen LogP contribution is 2.17. The molecule has 0 aliphatic heterocycles. The predicted octanol–water partition coefficient (Wildman–Crippen LogP) is 4.71. The van der Waals surface area contributed by atoms with Crippen molar-refractivity contribution in [3.05, 3.63) is 36.0 Å². The van der Waals surface area contributed by atoms with Gasteiger partial charge >= 0.3 is 0 Å². The second-order valence-corrected chi connectivity index (χ2v) is 3.81. The van der Waals surface area contributed by atoms with Crippen molar-refractivity contribution in [1.29, 1.82) is 0 Å². The van der Waals surface area contributed by atoms with Crippen molar-refractivity contribution in [1.82, 2.24) is 4.98 Å². The maximum atomic E-state index is 10.1. The number of nitrogens with two attached hydrogens (primary N) is 1. The van der Waals surface area contributed by atoms with E-state index < -0.39 is 0 Å². The zero-order valence-corrected chi connectivity index (χ0v) is 14.5. The zero-order valence-electron chi connectivity index (χ0n) is 14.5. The molecule has 0 radical (unpaired) electrons. The highest BCUT2D eigenvalue weighted by molar-refractivity contribution is 5.82. The molecule has 3 nitrogen and oxygen atoms in total. The van der Waals surface area contributed by atoms with Crippen LogP contribution in [0, 0.1) is 0 Å². The summed E-state index contributed by atoms with van der Waals surface area (Å²) in [5.74, 6) is 0.120. The number of carbonyl (C=O) groups excluding carboxylic acids is 1. The largest absolute Gasteiger partial charge is 0.361 e. The van der Waals surface area contributed by atoms with Gasteiger partial charge in [0, 0.05) is 23.5 Å². The van der Waals surface area contributed by atoms with Gasteiger partial charge in [0.05, 0.1) is 6.54 Å². The number of H-pyrrole nitrogens is 1. The second-order valence-electron chi connectivity index (χ2n) is 3.81. The van der Waals surface area contributed by atoms with E-state index >= 15 is 0 Å². The predicted molar refractivity (Wildman–Crippen MR) is 94.7 cm³/mol. The van der Waals surface area contributed by atoms with Crippen LogP contribution in [0.5, 0.6) is 0 Å². The van der Waals surface area contributed by atoms with E-state index in [0.717, 1.165) is 6.42 Å². The SMILES string of the molecule is CC.CC.CCC(=O)CN.CCc1c[nH]c2ccccc12. The van der Waals surface area contributed by atoms with E-state index in [1.165, 1.54) is 16.5 Å². The van der Waals surface area contributed by atoms with Crippen LogP contribution in [-0.4, -0.2) is 17.3 Å². The Bertz CT molecular complexity index is 469. The number of benzene rings is 1. The summed E-state index contributed by atoms with van der Waals surface area (Å²) in [5, 5.41) is 1.36. The minimum absolute atomic E-state index is 0.120. The Morgan fingerprint density at radius 2 is 1.67 bits per heavy atom. The number of fused-ring (bicyclic) bond motifs is 1.